The fourth-order valence-corrected chi connectivity index (χ4v) is 0.342. The topological polar surface area (TPSA) is 26.3 Å². The molecule has 0 fully saturated rings. The van der Waals surface area contributed by atoms with Crippen molar-refractivity contribution in [2.45, 2.75) is 26.4 Å². The van der Waals surface area contributed by atoms with Crippen molar-refractivity contribution in [1.82, 2.24) is 0 Å². The SMILES string of the molecule is [CH2]CC(C)OC(C)=O. The first-order chi connectivity index (χ1) is 3.66. The summed E-state index contributed by atoms with van der Waals surface area (Å²) < 4.78 is 4.70. The standard InChI is InChI=1S/C6H11O2/c1-4-5(2)8-6(3)7/h5H,1,4H2,2-3H3. The van der Waals surface area contributed by atoms with Gasteiger partial charge in [0.25, 0.3) is 0 Å². The Hall–Kier alpha value is -0.530. The van der Waals surface area contributed by atoms with Crippen LogP contribution < -0.4 is 0 Å². The lowest BCUT2D eigenvalue weighted by atomic mass is 10.3. The van der Waals surface area contributed by atoms with Crippen molar-refractivity contribution in [2.24, 2.45) is 0 Å². The van der Waals surface area contributed by atoms with E-state index < -0.39 is 0 Å². The molecule has 47 valence electrons. The predicted octanol–water partition coefficient (Wildman–Crippen LogP) is 1.16. The number of hydrogen-bond donors (Lipinski definition) is 0. The van der Waals surface area contributed by atoms with Gasteiger partial charge in [0.05, 0.1) is 6.10 Å². The maximum absolute atomic E-state index is 10.2. The van der Waals surface area contributed by atoms with Gasteiger partial charge in [-0.1, -0.05) is 0 Å². The average molecular weight is 115 g/mol. The molecule has 0 aromatic rings. The highest BCUT2D eigenvalue weighted by Gasteiger charge is 1.99. The summed E-state index contributed by atoms with van der Waals surface area (Å²) in [7, 11) is 0. The monoisotopic (exact) mass is 115 g/mol. The first-order valence-electron chi connectivity index (χ1n) is 2.63. The summed E-state index contributed by atoms with van der Waals surface area (Å²) in [5, 5.41) is 0. The second kappa shape index (κ2) is 3.47. The van der Waals surface area contributed by atoms with E-state index in [1.807, 2.05) is 6.92 Å². The fourth-order valence-electron chi connectivity index (χ4n) is 0.342. The number of ether oxygens (including phenoxy) is 1. The van der Waals surface area contributed by atoms with Crippen LogP contribution in [0, 0.1) is 6.92 Å². The molecule has 0 aliphatic carbocycles. The molecule has 2 nitrogen and oxygen atoms in total. The van der Waals surface area contributed by atoms with Gasteiger partial charge in [0, 0.05) is 6.92 Å². The highest BCUT2D eigenvalue weighted by molar-refractivity contribution is 5.66. The molecule has 0 saturated carbocycles. The molecule has 0 aliphatic heterocycles. The molecule has 8 heavy (non-hydrogen) atoms. The maximum Gasteiger partial charge on any atom is 0.302 e. The van der Waals surface area contributed by atoms with E-state index in [2.05, 4.69) is 6.92 Å². The second-order valence-corrected chi connectivity index (χ2v) is 1.71. The zero-order valence-electron chi connectivity index (χ0n) is 5.31. The molecule has 1 radical (unpaired) electrons. The largest absolute Gasteiger partial charge is 0.463 e. The molecule has 1 unspecified atom stereocenters. The Kier molecular flexibility index (Phi) is 3.24. The van der Waals surface area contributed by atoms with Crippen LogP contribution >= 0.6 is 0 Å². The molecular weight excluding hydrogens is 104 g/mol. The van der Waals surface area contributed by atoms with E-state index in [1.165, 1.54) is 6.92 Å². The van der Waals surface area contributed by atoms with Crippen molar-refractivity contribution >= 4 is 5.97 Å². The third kappa shape index (κ3) is 3.65. The van der Waals surface area contributed by atoms with Gasteiger partial charge in [-0.05, 0) is 20.3 Å². The van der Waals surface area contributed by atoms with Crippen LogP contribution in [0.5, 0.6) is 0 Å². The van der Waals surface area contributed by atoms with Gasteiger partial charge in [0.1, 0.15) is 0 Å². The Bertz CT molecular complexity index is 78.6. The fraction of sp³-hybridized carbons (Fsp3) is 0.667. The first-order valence-corrected chi connectivity index (χ1v) is 2.63. The number of hydrogen-bond acceptors (Lipinski definition) is 2. The summed E-state index contributed by atoms with van der Waals surface area (Å²) >= 11 is 0. The van der Waals surface area contributed by atoms with Gasteiger partial charge < -0.3 is 4.74 Å². The number of rotatable bonds is 2. The molecule has 1 atom stereocenters. The van der Waals surface area contributed by atoms with E-state index in [1.54, 1.807) is 0 Å². The summed E-state index contributed by atoms with van der Waals surface area (Å²) in [6, 6.07) is 0. The first kappa shape index (κ1) is 7.47. The van der Waals surface area contributed by atoms with Crippen LogP contribution in [0.25, 0.3) is 0 Å². The van der Waals surface area contributed by atoms with Crippen molar-refractivity contribution in [3.63, 3.8) is 0 Å². The summed E-state index contributed by atoms with van der Waals surface area (Å²) in [5.74, 6) is -0.235. The molecule has 0 bridgehead atoms. The Balaban J connectivity index is 3.24. The minimum Gasteiger partial charge on any atom is -0.463 e. The van der Waals surface area contributed by atoms with Gasteiger partial charge in [-0.3, -0.25) is 4.79 Å². The average Bonchev–Trinajstić information content (AvgIpc) is 1.65. The minimum absolute atomic E-state index is 0.0347. The van der Waals surface area contributed by atoms with Crippen LogP contribution in [-0.2, 0) is 9.53 Å². The van der Waals surface area contributed by atoms with Crippen LogP contribution in [0.2, 0.25) is 0 Å². The highest BCUT2D eigenvalue weighted by Crippen LogP contribution is 1.94. The van der Waals surface area contributed by atoms with Gasteiger partial charge in [-0.2, -0.15) is 0 Å². The smallest absolute Gasteiger partial charge is 0.302 e. The third-order valence-corrected chi connectivity index (χ3v) is 0.774. The van der Waals surface area contributed by atoms with E-state index in [-0.39, 0.29) is 12.1 Å². The zero-order chi connectivity index (χ0) is 6.57. The van der Waals surface area contributed by atoms with Crippen LogP contribution in [0.15, 0.2) is 0 Å². The van der Waals surface area contributed by atoms with Crippen LogP contribution in [0.1, 0.15) is 20.3 Å². The third-order valence-electron chi connectivity index (χ3n) is 0.774. The Morgan fingerprint density at radius 1 is 1.88 bits per heavy atom. The quantitative estimate of drug-likeness (QED) is 0.505. The van der Waals surface area contributed by atoms with Gasteiger partial charge in [-0.15, -0.1) is 0 Å². The molecule has 2 heteroatoms. The summed E-state index contributed by atoms with van der Waals surface area (Å²) in [4.78, 5) is 10.2. The lowest BCUT2D eigenvalue weighted by Gasteiger charge is -2.06. The van der Waals surface area contributed by atoms with Crippen molar-refractivity contribution in [3.8, 4) is 0 Å². The normalized spacial score (nSPS) is 12.9. The number of carbonyl (C=O) groups is 1. The van der Waals surface area contributed by atoms with Crippen molar-refractivity contribution < 1.29 is 9.53 Å². The highest BCUT2D eigenvalue weighted by atomic mass is 16.5. The van der Waals surface area contributed by atoms with Crippen LogP contribution in [0.4, 0.5) is 0 Å². The molecule has 0 heterocycles. The Morgan fingerprint density at radius 2 is 2.38 bits per heavy atom. The molecule has 0 spiro atoms. The Labute approximate surface area is 49.8 Å². The minimum atomic E-state index is -0.235. The predicted molar refractivity (Wildman–Crippen MR) is 31.2 cm³/mol. The lowest BCUT2D eigenvalue weighted by molar-refractivity contribution is -0.145. The van der Waals surface area contributed by atoms with Gasteiger partial charge in [0.2, 0.25) is 0 Å². The van der Waals surface area contributed by atoms with E-state index in [0.29, 0.717) is 6.42 Å². The van der Waals surface area contributed by atoms with E-state index in [0.717, 1.165) is 0 Å². The van der Waals surface area contributed by atoms with Crippen LogP contribution in [-0.4, -0.2) is 12.1 Å². The molecule has 0 rings (SSSR count). The molecule has 0 amide bonds. The summed E-state index contributed by atoms with van der Waals surface area (Å²) in [5.41, 5.74) is 0. The van der Waals surface area contributed by atoms with Crippen molar-refractivity contribution in [2.75, 3.05) is 0 Å². The van der Waals surface area contributed by atoms with Gasteiger partial charge in [-0.25, -0.2) is 0 Å². The van der Waals surface area contributed by atoms with E-state index >= 15 is 0 Å². The van der Waals surface area contributed by atoms with Crippen LogP contribution in [0.3, 0.4) is 0 Å². The number of esters is 1. The Morgan fingerprint density at radius 3 is 2.50 bits per heavy atom. The molecule has 0 aromatic heterocycles. The van der Waals surface area contributed by atoms with Crippen molar-refractivity contribution in [3.05, 3.63) is 6.92 Å². The van der Waals surface area contributed by atoms with Gasteiger partial charge >= 0.3 is 5.97 Å². The summed E-state index contributed by atoms with van der Waals surface area (Å²) in [6.45, 7) is 6.77. The number of carbonyl (C=O) groups excluding carboxylic acids is 1. The van der Waals surface area contributed by atoms with Gasteiger partial charge in [0.15, 0.2) is 0 Å². The zero-order valence-corrected chi connectivity index (χ0v) is 5.31. The lowest BCUT2D eigenvalue weighted by Crippen LogP contribution is -2.10. The molecule has 0 saturated heterocycles. The molecule has 0 aliphatic rings. The molecular formula is C6H11O2. The molecule has 0 N–H and O–H groups in total. The summed E-state index contributed by atoms with van der Waals surface area (Å²) in [6.07, 6.45) is 0.604. The van der Waals surface area contributed by atoms with E-state index in [4.69, 9.17) is 4.74 Å². The maximum atomic E-state index is 10.2. The second-order valence-electron chi connectivity index (χ2n) is 1.71. The molecule has 0 aromatic carbocycles. The van der Waals surface area contributed by atoms with Crippen molar-refractivity contribution in [1.29, 1.82) is 0 Å². The van der Waals surface area contributed by atoms with E-state index in [9.17, 15) is 4.79 Å².